The van der Waals surface area contributed by atoms with Gasteiger partial charge in [-0.1, -0.05) is 13.3 Å². The van der Waals surface area contributed by atoms with E-state index >= 15 is 0 Å². The van der Waals surface area contributed by atoms with E-state index in [1.165, 1.54) is 18.4 Å². The molecule has 6 heteroatoms. The molecule has 0 saturated heterocycles. The van der Waals surface area contributed by atoms with Gasteiger partial charge in [-0.15, -0.1) is 0 Å². The van der Waals surface area contributed by atoms with Crippen molar-refractivity contribution in [3.8, 4) is 0 Å². The molecule has 2 aromatic heterocycles. The quantitative estimate of drug-likeness (QED) is 0.699. The van der Waals surface area contributed by atoms with Crippen LogP contribution in [-0.4, -0.2) is 20.9 Å². The highest BCUT2D eigenvalue weighted by Gasteiger charge is 2.16. The van der Waals surface area contributed by atoms with Gasteiger partial charge in [0.2, 0.25) is 0 Å². The number of carbonyl (C=O) groups excluding carboxylic acids is 1. The molecule has 0 atom stereocenters. The lowest BCUT2D eigenvalue weighted by atomic mass is 9.95. The van der Waals surface area contributed by atoms with Crippen molar-refractivity contribution < 1.29 is 9.21 Å². The predicted octanol–water partition coefficient (Wildman–Crippen LogP) is 4.08. The number of oxazole rings is 1. The average Bonchev–Trinajstić information content (AvgIpc) is 3.12. The molecule has 0 bridgehead atoms. The minimum atomic E-state index is -0.154. The van der Waals surface area contributed by atoms with Gasteiger partial charge in [0.25, 0.3) is 5.91 Å². The molecule has 4 rings (SSSR count). The second-order valence-electron chi connectivity index (χ2n) is 7.43. The summed E-state index contributed by atoms with van der Waals surface area (Å²) in [6.45, 7) is 4.50. The van der Waals surface area contributed by atoms with Crippen LogP contribution in [0.1, 0.15) is 71.6 Å². The molecule has 0 fully saturated rings. The van der Waals surface area contributed by atoms with Crippen molar-refractivity contribution in [1.29, 1.82) is 0 Å². The van der Waals surface area contributed by atoms with Crippen LogP contribution in [0.4, 0.5) is 0 Å². The summed E-state index contributed by atoms with van der Waals surface area (Å²) >= 11 is 0. The lowest BCUT2D eigenvalue weighted by Crippen LogP contribution is -2.25. The maximum absolute atomic E-state index is 12.6. The largest absolute Gasteiger partial charge is 0.441 e. The number of aryl methyl sites for hydroxylation is 3. The number of hydrogen-bond acceptors (Lipinski definition) is 5. The van der Waals surface area contributed by atoms with Crippen LogP contribution in [0.3, 0.4) is 0 Å². The molecule has 1 aliphatic carbocycles. The second kappa shape index (κ2) is 8.09. The van der Waals surface area contributed by atoms with Gasteiger partial charge in [0.1, 0.15) is 11.3 Å². The average molecular weight is 378 g/mol. The number of nitrogens with zero attached hydrogens (tertiary/aromatic N) is 3. The number of rotatable bonds is 6. The Balaban J connectivity index is 1.45. The minimum absolute atomic E-state index is 0.154. The van der Waals surface area contributed by atoms with Gasteiger partial charge in [0.05, 0.1) is 6.54 Å². The molecule has 0 aliphatic heterocycles. The number of amides is 1. The maximum Gasteiger partial charge on any atom is 0.251 e. The Morgan fingerprint density at radius 3 is 2.89 bits per heavy atom. The first-order chi connectivity index (χ1) is 13.6. The van der Waals surface area contributed by atoms with Gasteiger partial charge in [-0.2, -0.15) is 0 Å². The molecule has 0 unspecified atom stereocenters. The minimum Gasteiger partial charge on any atom is -0.441 e. The highest BCUT2D eigenvalue weighted by atomic mass is 16.3. The van der Waals surface area contributed by atoms with Crippen LogP contribution in [0.25, 0.3) is 11.1 Å². The van der Waals surface area contributed by atoms with E-state index < -0.39 is 0 Å². The van der Waals surface area contributed by atoms with E-state index in [0.29, 0.717) is 17.9 Å². The number of hydrogen-bond donors (Lipinski definition) is 1. The molecule has 1 amide bonds. The topological polar surface area (TPSA) is 80.9 Å². The molecular formula is C22H26N4O2. The molecule has 6 nitrogen and oxygen atoms in total. The third kappa shape index (κ3) is 3.91. The molecule has 2 heterocycles. The van der Waals surface area contributed by atoms with Crippen molar-refractivity contribution in [3.63, 3.8) is 0 Å². The SMILES string of the molecule is CCCCc1nc2cc(C(=O)NCc3nc(C)c4c(n3)CCCC4)ccc2o1. The summed E-state index contributed by atoms with van der Waals surface area (Å²) in [6, 6.07) is 5.36. The van der Waals surface area contributed by atoms with E-state index in [1.807, 2.05) is 13.0 Å². The Kier molecular flexibility index (Phi) is 5.37. The first-order valence-corrected chi connectivity index (χ1v) is 10.2. The summed E-state index contributed by atoms with van der Waals surface area (Å²) in [5.41, 5.74) is 5.48. The van der Waals surface area contributed by atoms with Crippen LogP contribution in [0.2, 0.25) is 0 Å². The molecular weight excluding hydrogens is 352 g/mol. The molecule has 1 aromatic carbocycles. The monoisotopic (exact) mass is 378 g/mol. The first-order valence-electron chi connectivity index (χ1n) is 10.2. The number of fused-ring (bicyclic) bond motifs is 2. The predicted molar refractivity (Wildman–Crippen MR) is 107 cm³/mol. The Bertz CT molecular complexity index is 1010. The number of nitrogens with one attached hydrogen (secondary N) is 1. The van der Waals surface area contributed by atoms with E-state index in [0.717, 1.165) is 60.5 Å². The van der Waals surface area contributed by atoms with Crippen LogP contribution >= 0.6 is 0 Å². The Labute approximate surface area is 164 Å². The van der Waals surface area contributed by atoms with E-state index in [4.69, 9.17) is 4.42 Å². The molecule has 3 aromatic rings. The standard InChI is InChI=1S/C22H26N4O2/c1-3-4-9-21-26-18-12-15(10-11-19(18)28-21)22(27)23-13-20-24-14(2)16-7-5-6-8-17(16)25-20/h10-12H,3-9,13H2,1-2H3,(H,23,27). The zero-order valence-corrected chi connectivity index (χ0v) is 16.5. The highest BCUT2D eigenvalue weighted by molar-refractivity contribution is 5.97. The normalized spacial score (nSPS) is 13.5. The lowest BCUT2D eigenvalue weighted by molar-refractivity contribution is 0.0950. The summed E-state index contributed by atoms with van der Waals surface area (Å²) in [6.07, 6.45) is 7.40. The van der Waals surface area contributed by atoms with Gasteiger partial charge in [-0.25, -0.2) is 15.0 Å². The Hall–Kier alpha value is -2.76. The molecule has 1 aliphatic rings. The van der Waals surface area contributed by atoms with Crippen molar-refractivity contribution in [2.75, 3.05) is 0 Å². The fourth-order valence-electron chi connectivity index (χ4n) is 3.74. The van der Waals surface area contributed by atoms with Gasteiger partial charge in [-0.3, -0.25) is 4.79 Å². The van der Waals surface area contributed by atoms with Crippen LogP contribution in [0.15, 0.2) is 22.6 Å². The van der Waals surface area contributed by atoms with Gasteiger partial charge >= 0.3 is 0 Å². The molecule has 0 saturated carbocycles. The number of carbonyl (C=O) groups is 1. The van der Waals surface area contributed by atoms with Gasteiger partial charge in [-0.05, 0) is 62.8 Å². The van der Waals surface area contributed by atoms with Crippen LogP contribution in [0, 0.1) is 6.92 Å². The molecule has 1 N–H and O–H groups in total. The third-order valence-electron chi connectivity index (χ3n) is 5.28. The molecule has 28 heavy (non-hydrogen) atoms. The van der Waals surface area contributed by atoms with Gasteiger partial charge < -0.3 is 9.73 Å². The van der Waals surface area contributed by atoms with Crippen molar-refractivity contribution in [2.45, 2.75) is 65.3 Å². The van der Waals surface area contributed by atoms with E-state index in [-0.39, 0.29) is 5.91 Å². The summed E-state index contributed by atoms with van der Waals surface area (Å²) in [5, 5.41) is 2.93. The Morgan fingerprint density at radius 2 is 2.04 bits per heavy atom. The fourth-order valence-corrected chi connectivity index (χ4v) is 3.74. The van der Waals surface area contributed by atoms with Crippen molar-refractivity contribution in [2.24, 2.45) is 0 Å². The maximum atomic E-state index is 12.6. The van der Waals surface area contributed by atoms with Crippen LogP contribution in [0.5, 0.6) is 0 Å². The summed E-state index contributed by atoms with van der Waals surface area (Å²) < 4.78 is 5.74. The van der Waals surface area contributed by atoms with Crippen LogP contribution in [-0.2, 0) is 25.8 Å². The second-order valence-corrected chi connectivity index (χ2v) is 7.43. The lowest BCUT2D eigenvalue weighted by Gasteiger charge is -2.17. The summed E-state index contributed by atoms with van der Waals surface area (Å²) in [7, 11) is 0. The van der Waals surface area contributed by atoms with Gasteiger partial charge in [0, 0.05) is 23.4 Å². The number of aromatic nitrogens is 3. The zero-order chi connectivity index (χ0) is 19.5. The highest BCUT2D eigenvalue weighted by Crippen LogP contribution is 2.22. The van der Waals surface area contributed by atoms with E-state index in [9.17, 15) is 4.79 Å². The Morgan fingerprint density at radius 1 is 1.18 bits per heavy atom. The van der Waals surface area contributed by atoms with Crippen molar-refractivity contribution >= 4 is 17.0 Å². The summed E-state index contributed by atoms with van der Waals surface area (Å²) in [4.78, 5) is 26.3. The summed E-state index contributed by atoms with van der Waals surface area (Å²) in [5.74, 6) is 1.25. The number of unbranched alkanes of at least 4 members (excludes halogenated alkanes) is 1. The molecule has 0 radical (unpaired) electrons. The molecule has 146 valence electrons. The van der Waals surface area contributed by atoms with Crippen LogP contribution < -0.4 is 5.32 Å². The van der Waals surface area contributed by atoms with Gasteiger partial charge in [0.15, 0.2) is 11.5 Å². The third-order valence-corrected chi connectivity index (χ3v) is 5.28. The smallest absolute Gasteiger partial charge is 0.251 e. The van der Waals surface area contributed by atoms with Crippen molar-refractivity contribution in [1.82, 2.24) is 20.3 Å². The zero-order valence-electron chi connectivity index (χ0n) is 16.5. The first kappa shape index (κ1) is 18.6. The fraction of sp³-hybridized carbons (Fsp3) is 0.455. The van der Waals surface area contributed by atoms with Crippen molar-refractivity contribution in [3.05, 3.63) is 52.4 Å². The number of benzene rings is 1. The van der Waals surface area contributed by atoms with E-state index in [1.54, 1.807) is 12.1 Å². The van der Waals surface area contributed by atoms with E-state index in [2.05, 4.69) is 27.2 Å². The molecule has 0 spiro atoms.